The zero-order valence-corrected chi connectivity index (χ0v) is 9.66. The molecule has 0 saturated carbocycles. The Morgan fingerprint density at radius 2 is 2.19 bits per heavy atom. The van der Waals surface area contributed by atoms with Crippen LogP contribution in [0.2, 0.25) is 0 Å². The number of carbonyl (C=O) groups excluding carboxylic acids is 1. The average molecular weight is 223 g/mol. The minimum Gasteiger partial charge on any atom is -0.385 e. The van der Waals surface area contributed by atoms with Crippen LogP contribution in [0.15, 0.2) is 18.2 Å². The predicted molar refractivity (Wildman–Crippen MR) is 61.0 cm³/mol. The number of ether oxygens (including phenoxy) is 1. The van der Waals surface area contributed by atoms with E-state index < -0.39 is 5.97 Å². The lowest BCUT2D eigenvalue weighted by Gasteiger charge is -2.06. The number of carbonyl (C=O) groups is 1. The fourth-order valence-electron chi connectivity index (χ4n) is 1.53. The van der Waals surface area contributed by atoms with Crippen LogP contribution in [-0.4, -0.2) is 19.7 Å². The van der Waals surface area contributed by atoms with Crippen LogP contribution in [0.25, 0.3) is 0 Å². The molecule has 1 aromatic rings. The molecule has 4 heteroatoms. The Hall–Kier alpha value is -1.39. The van der Waals surface area contributed by atoms with Gasteiger partial charge in [-0.05, 0) is 37.0 Å². The Morgan fingerprint density at radius 1 is 1.44 bits per heavy atom. The molecule has 0 fully saturated rings. The van der Waals surface area contributed by atoms with Crippen molar-refractivity contribution >= 4 is 5.97 Å². The first-order valence-electron chi connectivity index (χ1n) is 5.18. The average Bonchev–Trinajstić information content (AvgIpc) is 2.30. The standard InChI is InChI=1S/C12H17NO3/c1-9-5-6-10(4-3-7-15-2)8-11(9)12(14)16-13/h5-6,8H,3-4,7,13H2,1-2H3. The molecule has 0 heterocycles. The van der Waals surface area contributed by atoms with Gasteiger partial charge >= 0.3 is 5.97 Å². The number of aryl methyl sites for hydroxylation is 2. The van der Waals surface area contributed by atoms with Gasteiger partial charge in [0.2, 0.25) is 0 Å². The summed E-state index contributed by atoms with van der Waals surface area (Å²) in [6.07, 6.45) is 1.80. The predicted octanol–water partition coefficient (Wildman–Crippen LogP) is 1.60. The number of hydrogen-bond acceptors (Lipinski definition) is 4. The SMILES string of the molecule is COCCCc1ccc(C)c(C(=O)ON)c1. The zero-order valence-electron chi connectivity index (χ0n) is 9.66. The summed E-state index contributed by atoms with van der Waals surface area (Å²) in [5, 5.41) is 0. The number of benzene rings is 1. The molecule has 0 bridgehead atoms. The summed E-state index contributed by atoms with van der Waals surface area (Å²) in [6.45, 7) is 2.57. The van der Waals surface area contributed by atoms with E-state index in [1.165, 1.54) is 0 Å². The van der Waals surface area contributed by atoms with Crippen molar-refractivity contribution < 1.29 is 14.4 Å². The van der Waals surface area contributed by atoms with Gasteiger partial charge in [0.25, 0.3) is 0 Å². The van der Waals surface area contributed by atoms with Crippen molar-refractivity contribution in [2.45, 2.75) is 19.8 Å². The monoisotopic (exact) mass is 223 g/mol. The second kappa shape index (κ2) is 6.25. The summed E-state index contributed by atoms with van der Waals surface area (Å²) in [6, 6.07) is 5.72. The molecule has 2 N–H and O–H groups in total. The molecular weight excluding hydrogens is 206 g/mol. The summed E-state index contributed by atoms with van der Waals surface area (Å²) in [7, 11) is 1.67. The fourth-order valence-corrected chi connectivity index (χ4v) is 1.53. The van der Waals surface area contributed by atoms with Crippen molar-refractivity contribution in [2.75, 3.05) is 13.7 Å². The van der Waals surface area contributed by atoms with E-state index in [0.29, 0.717) is 12.2 Å². The van der Waals surface area contributed by atoms with E-state index in [1.54, 1.807) is 7.11 Å². The topological polar surface area (TPSA) is 61.5 Å². The molecule has 0 spiro atoms. The third-order valence-corrected chi connectivity index (χ3v) is 2.44. The van der Waals surface area contributed by atoms with Gasteiger partial charge in [-0.25, -0.2) is 4.79 Å². The molecule has 0 radical (unpaired) electrons. The highest BCUT2D eigenvalue weighted by Gasteiger charge is 2.10. The van der Waals surface area contributed by atoms with Crippen LogP contribution in [0.4, 0.5) is 0 Å². The van der Waals surface area contributed by atoms with E-state index in [9.17, 15) is 4.79 Å². The molecular formula is C12H17NO3. The second-order valence-corrected chi connectivity index (χ2v) is 3.65. The minimum absolute atomic E-state index is 0.494. The normalized spacial score (nSPS) is 10.2. The van der Waals surface area contributed by atoms with E-state index in [-0.39, 0.29) is 0 Å². The van der Waals surface area contributed by atoms with Crippen molar-refractivity contribution in [1.82, 2.24) is 0 Å². The van der Waals surface area contributed by atoms with Gasteiger partial charge in [-0.1, -0.05) is 12.1 Å². The van der Waals surface area contributed by atoms with E-state index in [4.69, 9.17) is 10.6 Å². The van der Waals surface area contributed by atoms with Crippen LogP contribution in [0, 0.1) is 6.92 Å². The molecule has 0 aromatic heterocycles. The molecule has 0 aliphatic carbocycles. The third kappa shape index (κ3) is 3.32. The Balaban J connectivity index is 2.77. The van der Waals surface area contributed by atoms with Crippen molar-refractivity contribution in [2.24, 2.45) is 5.90 Å². The fraction of sp³-hybridized carbons (Fsp3) is 0.417. The molecule has 1 aromatic carbocycles. The lowest BCUT2D eigenvalue weighted by molar-refractivity contribution is 0.0502. The van der Waals surface area contributed by atoms with Crippen molar-refractivity contribution in [3.05, 3.63) is 34.9 Å². The highest BCUT2D eigenvalue weighted by Crippen LogP contribution is 2.13. The van der Waals surface area contributed by atoms with Gasteiger partial charge in [0.1, 0.15) is 0 Å². The maximum Gasteiger partial charge on any atom is 0.356 e. The van der Waals surface area contributed by atoms with Crippen LogP contribution < -0.4 is 5.90 Å². The molecule has 4 nitrogen and oxygen atoms in total. The lowest BCUT2D eigenvalue weighted by Crippen LogP contribution is -2.12. The Labute approximate surface area is 95.3 Å². The van der Waals surface area contributed by atoms with E-state index in [1.807, 2.05) is 25.1 Å². The first-order chi connectivity index (χ1) is 7.69. The molecule has 88 valence electrons. The van der Waals surface area contributed by atoms with Gasteiger partial charge in [0.05, 0.1) is 5.56 Å². The Bertz CT molecular complexity index is 363. The van der Waals surface area contributed by atoms with Gasteiger partial charge in [0.15, 0.2) is 0 Å². The first-order valence-corrected chi connectivity index (χ1v) is 5.18. The van der Waals surface area contributed by atoms with Gasteiger partial charge in [0, 0.05) is 13.7 Å². The van der Waals surface area contributed by atoms with Crippen LogP contribution in [0.1, 0.15) is 27.9 Å². The maximum atomic E-state index is 11.3. The van der Waals surface area contributed by atoms with Crippen LogP contribution in [0.3, 0.4) is 0 Å². The minimum atomic E-state index is -0.494. The van der Waals surface area contributed by atoms with E-state index in [0.717, 1.165) is 24.0 Å². The van der Waals surface area contributed by atoms with Crippen LogP contribution in [0.5, 0.6) is 0 Å². The van der Waals surface area contributed by atoms with Crippen LogP contribution in [-0.2, 0) is 16.0 Å². The molecule has 0 aliphatic heterocycles. The summed E-state index contributed by atoms with van der Waals surface area (Å²) in [5.41, 5.74) is 2.48. The lowest BCUT2D eigenvalue weighted by atomic mass is 10.0. The molecule has 0 saturated heterocycles. The number of methoxy groups -OCH3 is 1. The maximum absolute atomic E-state index is 11.3. The number of nitrogens with two attached hydrogens (primary N) is 1. The largest absolute Gasteiger partial charge is 0.385 e. The number of hydrogen-bond donors (Lipinski definition) is 1. The highest BCUT2D eigenvalue weighted by atomic mass is 16.7. The van der Waals surface area contributed by atoms with Gasteiger partial charge in [-0.15, -0.1) is 0 Å². The summed E-state index contributed by atoms with van der Waals surface area (Å²) >= 11 is 0. The summed E-state index contributed by atoms with van der Waals surface area (Å²) < 4.78 is 4.97. The number of rotatable bonds is 5. The zero-order chi connectivity index (χ0) is 12.0. The van der Waals surface area contributed by atoms with Gasteiger partial charge < -0.3 is 9.57 Å². The Morgan fingerprint density at radius 3 is 2.81 bits per heavy atom. The highest BCUT2D eigenvalue weighted by molar-refractivity contribution is 5.91. The molecule has 1 rings (SSSR count). The molecule has 0 unspecified atom stereocenters. The molecule has 16 heavy (non-hydrogen) atoms. The molecule has 0 amide bonds. The van der Waals surface area contributed by atoms with Crippen molar-refractivity contribution in [1.29, 1.82) is 0 Å². The quantitative estimate of drug-likeness (QED) is 0.608. The van der Waals surface area contributed by atoms with Crippen molar-refractivity contribution in [3.8, 4) is 0 Å². The van der Waals surface area contributed by atoms with E-state index >= 15 is 0 Å². The Kier molecular flexibility index (Phi) is 4.95. The summed E-state index contributed by atoms with van der Waals surface area (Å²) in [5.74, 6) is 4.38. The van der Waals surface area contributed by atoms with Gasteiger partial charge in [-0.2, -0.15) is 5.90 Å². The van der Waals surface area contributed by atoms with Gasteiger partial charge in [-0.3, -0.25) is 0 Å². The summed E-state index contributed by atoms with van der Waals surface area (Å²) in [4.78, 5) is 15.6. The third-order valence-electron chi connectivity index (χ3n) is 2.44. The van der Waals surface area contributed by atoms with E-state index in [2.05, 4.69) is 4.84 Å². The molecule has 0 atom stereocenters. The second-order valence-electron chi connectivity index (χ2n) is 3.65. The van der Waals surface area contributed by atoms with Crippen LogP contribution >= 0.6 is 0 Å². The van der Waals surface area contributed by atoms with Crippen molar-refractivity contribution in [3.63, 3.8) is 0 Å². The first kappa shape index (κ1) is 12.7. The molecule has 0 aliphatic rings. The smallest absolute Gasteiger partial charge is 0.356 e.